The summed E-state index contributed by atoms with van der Waals surface area (Å²) in [7, 11) is 1.60. The Balaban J connectivity index is 2.21. The Morgan fingerprint density at radius 3 is 2.50 bits per heavy atom. The van der Waals surface area contributed by atoms with Gasteiger partial charge in [-0.15, -0.1) is 0 Å². The van der Waals surface area contributed by atoms with Gasteiger partial charge in [0.25, 0.3) is 0 Å². The number of rotatable bonds is 3. The van der Waals surface area contributed by atoms with E-state index in [4.69, 9.17) is 0 Å². The summed E-state index contributed by atoms with van der Waals surface area (Å²) in [4.78, 5) is 25.1. The predicted octanol–water partition coefficient (Wildman–Crippen LogP) is 0.625. The first-order valence-electron chi connectivity index (χ1n) is 6.16. The van der Waals surface area contributed by atoms with Crippen molar-refractivity contribution < 1.29 is 9.59 Å². The minimum Gasteiger partial charge on any atom is -0.312 e. The molecule has 0 radical (unpaired) electrons. The minimum atomic E-state index is -0.109. The fraction of sp³-hybridized carbons (Fsp3) is 0.833. The second-order valence-corrected chi connectivity index (χ2v) is 4.88. The van der Waals surface area contributed by atoms with Gasteiger partial charge in [-0.05, 0) is 5.92 Å². The summed E-state index contributed by atoms with van der Waals surface area (Å²) in [6.07, 6.45) is 2.12. The zero-order valence-corrected chi connectivity index (χ0v) is 10.2. The quantitative estimate of drug-likeness (QED) is 0.715. The summed E-state index contributed by atoms with van der Waals surface area (Å²) in [6.45, 7) is 4.96. The predicted molar refractivity (Wildman–Crippen MR) is 60.6 cm³/mol. The Morgan fingerprint density at radius 1 is 1.31 bits per heavy atom. The van der Waals surface area contributed by atoms with E-state index in [-0.39, 0.29) is 29.7 Å². The van der Waals surface area contributed by atoms with E-state index in [2.05, 4.69) is 19.2 Å². The molecular formula is C12H20N2O2. The molecule has 2 heterocycles. The molecule has 2 aliphatic heterocycles. The topological polar surface area (TPSA) is 49.4 Å². The molecule has 90 valence electrons. The molecule has 2 aliphatic rings. The van der Waals surface area contributed by atoms with Crippen molar-refractivity contribution in [3.63, 3.8) is 0 Å². The van der Waals surface area contributed by atoms with E-state index in [0.29, 0.717) is 12.5 Å². The number of nitrogens with one attached hydrogen (secondary N) is 1. The highest BCUT2D eigenvalue weighted by atomic mass is 16.2. The van der Waals surface area contributed by atoms with E-state index in [9.17, 15) is 9.59 Å². The maximum atomic E-state index is 12.0. The van der Waals surface area contributed by atoms with Gasteiger partial charge in [0.2, 0.25) is 11.8 Å². The van der Waals surface area contributed by atoms with Crippen molar-refractivity contribution in [3.8, 4) is 0 Å². The van der Waals surface area contributed by atoms with Crippen LogP contribution in [0.4, 0.5) is 0 Å². The second-order valence-electron chi connectivity index (χ2n) is 4.88. The fourth-order valence-corrected chi connectivity index (χ4v) is 3.17. The van der Waals surface area contributed by atoms with Crippen LogP contribution in [0.3, 0.4) is 0 Å². The van der Waals surface area contributed by atoms with Crippen LogP contribution in [0.2, 0.25) is 0 Å². The minimum absolute atomic E-state index is 0.00374. The van der Waals surface area contributed by atoms with Crippen LogP contribution in [-0.4, -0.2) is 36.3 Å². The van der Waals surface area contributed by atoms with Gasteiger partial charge < -0.3 is 5.32 Å². The number of nitrogens with zero attached hydrogens (tertiary/aromatic N) is 1. The van der Waals surface area contributed by atoms with Crippen molar-refractivity contribution in [2.45, 2.75) is 32.7 Å². The van der Waals surface area contributed by atoms with Gasteiger partial charge in [-0.3, -0.25) is 14.5 Å². The first kappa shape index (κ1) is 11.6. The third-order valence-corrected chi connectivity index (χ3v) is 4.21. The number of fused-ring (bicyclic) bond motifs is 1. The highest BCUT2D eigenvalue weighted by Crippen LogP contribution is 2.36. The lowest BCUT2D eigenvalue weighted by Crippen LogP contribution is -2.40. The third-order valence-electron chi connectivity index (χ3n) is 4.21. The molecule has 4 heteroatoms. The van der Waals surface area contributed by atoms with Gasteiger partial charge >= 0.3 is 0 Å². The van der Waals surface area contributed by atoms with Crippen LogP contribution in [0, 0.1) is 17.8 Å². The van der Waals surface area contributed by atoms with Crippen LogP contribution < -0.4 is 5.32 Å². The lowest BCUT2D eigenvalue weighted by Gasteiger charge is -2.25. The number of imide groups is 1. The van der Waals surface area contributed by atoms with Crippen LogP contribution in [0.15, 0.2) is 0 Å². The normalized spacial score (nSPS) is 34.0. The Hall–Kier alpha value is -0.900. The van der Waals surface area contributed by atoms with Crippen molar-refractivity contribution in [2.24, 2.45) is 17.8 Å². The smallest absolute Gasteiger partial charge is 0.234 e. The van der Waals surface area contributed by atoms with Crippen LogP contribution in [0.1, 0.15) is 26.7 Å². The summed E-state index contributed by atoms with van der Waals surface area (Å²) >= 11 is 0. The molecule has 4 nitrogen and oxygen atoms in total. The SMILES string of the molecule is CCC(CC)[C@@H]1NC[C@H]2C(=O)N(C)C(=O)[C@H]21. The molecule has 0 bridgehead atoms. The molecular weight excluding hydrogens is 204 g/mol. The maximum absolute atomic E-state index is 12.0. The zero-order valence-electron chi connectivity index (χ0n) is 10.2. The van der Waals surface area contributed by atoms with Gasteiger partial charge in [-0.25, -0.2) is 0 Å². The monoisotopic (exact) mass is 224 g/mol. The standard InChI is InChI=1S/C12H20N2O2/c1-4-7(5-2)10-9-8(6-13-10)11(15)14(3)12(9)16/h7-10,13H,4-6H2,1-3H3/t8-,9-,10+/m1/s1. The van der Waals surface area contributed by atoms with Crippen LogP contribution in [-0.2, 0) is 9.59 Å². The zero-order chi connectivity index (χ0) is 11.9. The first-order valence-corrected chi connectivity index (χ1v) is 6.16. The summed E-state index contributed by atoms with van der Waals surface area (Å²) in [5, 5.41) is 3.37. The number of carbonyl (C=O) groups excluding carboxylic acids is 2. The molecule has 0 spiro atoms. The Bertz CT molecular complexity index is 312. The number of amides is 2. The van der Waals surface area contributed by atoms with Gasteiger partial charge in [0, 0.05) is 19.6 Å². The maximum Gasteiger partial charge on any atom is 0.234 e. The number of carbonyl (C=O) groups is 2. The average Bonchev–Trinajstić information content (AvgIpc) is 2.79. The van der Waals surface area contributed by atoms with E-state index < -0.39 is 0 Å². The van der Waals surface area contributed by atoms with Crippen molar-refractivity contribution in [1.29, 1.82) is 0 Å². The molecule has 0 aliphatic carbocycles. The van der Waals surface area contributed by atoms with Gasteiger partial charge in [-0.2, -0.15) is 0 Å². The van der Waals surface area contributed by atoms with E-state index in [0.717, 1.165) is 12.8 Å². The molecule has 1 N–H and O–H groups in total. The molecule has 3 atom stereocenters. The Kier molecular flexibility index (Phi) is 3.02. The van der Waals surface area contributed by atoms with Crippen molar-refractivity contribution in [1.82, 2.24) is 10.2 Å². The summed E-state index contributed by atoms with van der Waals surface area (Å²) < 4.78 is 0. The highest BCUT2D eigenvalue weighted by molar-refractivity contribution is 6.05. The molecule has 0 unspecified atom stereocenters. The largest absolute Gasteiger partial charge is 0.312 e. The number of hydrogen-bond acceptors (Lipinski definition) is 3. The molecule has 2 saturated heterocycles. The van der Waals surface area contributed by atoms with E-state index in [1.807, 2.05) is 0 Å². The molecule has 2 rings (SSSR count). The first-order chi connectivity index (χ1) is 7.61. The van der Waals surface area contributed by atoms with Crippen molar-refractivity contribution in [3.05, 3.63) is 0 Å². The fourth-order valence-electron chi connectivity index (χ4n) is 3.17. The third kappa shape index (κ3) is 1.47. The molecule has 0 saturated carbocycles. The van der Waals surface area contributed by atoms with E-state index in [1.54, 1.807) is 7.05 Å². The second kappa shape index (κ2) is 4.17. The summed E-state index contributed by atoms with van der Waals surface area (Å²) in [6, 6.07) is 0.196. The van der Waals surface area contributed by atoms with Crippen LogP contribution in [0.25, 0.3) is 0 Å². The molecule has 0 aromatic rings. The van der Waals surface area contributed by atoms with Crippen LogP contribution in [0.5, 0.6) is 0 Å². The number of likely N-dealkylation sites (tertiary alicyclic amines) is 1. The van der Waals surface area contributed by atoms with Crippen molar-refractivity contribution >= 4 is 11.8 Å². The number of hydrogen-bond donors (Lipinski definition) is 1. The Labute approximate surface area is 96.4 Å². The van der Waals surface area contributed by atoms with Crippen LogP contribution >= 0.6 is 0 Å². The van der Waals surface area contributed by atoms with Crippen molar-refractivity contribution in [2.75, 3.05) is 13.6 Å². The van der Waals surface area contributed by atoms with Gasteiger partial charge in [0.05, 0.1) is 11.8 Å². The molecule has 0 aromatic carbocycles. The molecule has 2 amide bonds. The molecule has 16 heavy (non-hydrogen) atoms. The summed E-state index contributed by atoms with van der Waals surface area (Å²) in [5.74, 6) is 0.289. The van der Waals surface area contributed by atoms with E-state index >= 15 is 0 Å². The lowest BCUT2D eigenvalue weighted by atomic mass is 9.83. The van der Waals surface area contributed by atoms with E-state index in [1.165, 1.54) is 4.90 Å². The highest BCUT2D eigenvalue weighted by Gasteiger charge is 2.54. The Morgan fingerprint density at radius 2 is 1.94 bits per heavy atom. The molecule has 0 aromatic heterocycles. The summed E-state index contributed by atoms with van der Waals surface area (Å²) in [5.41, 5.74) is 0. The molecule has 2 fully saturated rings. The van der Waals surface area contributed by atoms with Gasteiger partial charge in [-0.1, -0.05) is 26.7 Å². The lowest BCUT2D eigenvalue weighted by molar-refractivity contribution is -0.138. The van der Waals surface area contributed by atoms with Gasteiger partial charge in [0.15, 0.2) is 0 Å². The average molecular weight is 224 g/mol. The van der Waals surface area contributed by atoms with Gasteiger partial charge in [0.1, 0.15) is 0 Å².